The lowest BCUT2D eigenvalue weighted by Gasteiger charge is -2.21. The third kappa shape index (κ3) is 4.19. The molecule has 0 bridgehead atoms. The van der Waals surface area contributed by atoms with Crippen LogP contribution >= 0.6 is 0 Å². The van der Waals surface area contributed by atoms with Crippen molar-refractivity contribution in [3.8, 4) is 0 Å². The van der Waals surface area contributed by atoms with Gasteiger partial charge in [0.2, 0.25) is 5.91 Å². The molecule has 1 aliphatic carbocycles. The summed E-state index contributed by atoms with van der Waals surface area (Å²) in [7, 11) is 0. The summed E-state index contributed by atoms with van der Waals surface area (Å²) in [5.41, 5.74) is 0.229. The van der Waals surface area contributed by atoms with Gasteiger partial charge in [-0.1, -0.05) is 0 Å². The molecular weight excluding hydrogens is 320 g/mol. The highest BCUT2D eigenvalue weighted by molar-refractivity contribution is 6.05. The summed E-state index contributed by atoms with van der Waals surface area (Å²) < 4.78 is 0. The summed E-state index contributed by atoms with van der Waals surface area (Å²) in [6, 6.07) is 4.74. The number of nitrogens with one attached hydrogen (secondary N) is 2. The minimum atomic E-state index is -1.12. The number of aliphatic hydroxyl groups is 1. The number of rotatable bonds is 5. The zero-order chi connectivity index (χ0) is 18.0. The Bertz CT molecular complexity index is 810. The average molecular weight is 340 g/mol. The van der Waals surface area contributed by atoms with Crippen LogP contribution in [-0.4, -0.2) is 26.9 Å². The molecule has 1 saturated carbocycles. The molecule has 7 heteroatoms. The Balaban J connectivity index is 1.77. The predicted molar refractivity (Wildman–Crippen MR) is 93.0 cm³/mol. The summed E-state index contributed by atoms with van der Waals surface area (Å²) in [5.74, 6) is -0.0353. The van der Waals surface area contributed by atoms with Crippen LogP contribution in [0.4, 0.5) is 11.5 Å². The monoisotopic (exact) mass is 340 g/mol. The molecule has 130 valence electrons. The van der Waals surface area contributed by atoms with Gasteiger partial charge in [0.1, 0.15) is 5.82 Å². The van der Waals surface area contributed by atoms with Crippen LogP contribution in [0.3, 0.4) is 0 Å². The maximum atomic E-state index is 12.5. The fraction of sp³-hybridized carbons (Fsp3) is 0.333. The first-order valence-corrected chi connectivity index (χ1v) is 8.10. The molecule has 0 atom stereocenters. The van der Waals surface area contributed by atoms with Gasteiger partial charge < -0.3 is 15.7 Å². The molecule has 0 unspecified atom stereocenters. The van der Waals surface area contributed by atoms with Gasteiger partial charge in [0, 0.05) is 29.4 Å². The number of nitrogens with zero attached hydrogens (tertiary/aromatic N) is 2. The lowest BCUT2D eigenvalue weighted by atomic mass is 9.98. The van der Waals surface area contributed by atoms with Gasteiger partial charge in [-0.05, 0) is 44.9 Å². The molecule has 1 fully saturated rings. The number of pyridine rings is 2. The fourth-order valence-corrected chi connectivity index (χ4v) is 2.44. The van der Waals surface area contributed by atoms with Gasteiger partial charge >= 0.3 is 0 Å². The van der Waals surface area contributed by atoms with Gasteiger partial charge in [-0.15, -0.1) is 0 Å². The molecule has 3 rings (SSSR count). The van der Waals surface area contributed by atoms with E-state index in [9.17, 15) is 14.7 Å². The summed E-state index contributed by atoms with van der Waals surface area (Å²) in [5, 5.41) is 15.7. The first-order valence-electron chi connectivity index (χ1n) is 8.10. The topological polar surface area (TPSA) is 104 Å². The Hall–Kier alpha value is -2.80. The largest absolute Gasteiger partial charge is 0.386 e. The lowest BCUT2D eigenvalue weighted by molar-refractivity contribution is -0.117. The minimum absolute atomic E-state index is 0.0593. The second-order valence-electron chi connectivity index (χ2n) is 6.63. The van der Waals surface area contributed by atoms with Crippen LogP contribution in [-0.2, 0) is 10.4 Å². The van der Waals surface area contributed by atoms with Crippen LogP contribution < -0.4 is 10.6 Å². The normalized spacial score (nSPS) is 14.0. The molecule has 2 amide bonds. The number of amides is 2. The third-order valence-electron chi connectivity index (χ3n) is 3.95. The van der Waals surface area contributed by atoms with E-state index in [0.717, 1.165) is 12.8 Å². The third-order valence-corrected chi connectivity index (χ3v) is 3.95. The maximum Gasteiger partial charge on any atom is 0.255 e. The van der Waals surface area contributed by atoms with Crippen molar-refractivity contribution in [3.05, 3.63) is 47.9 Å². The molecule has 25 heavy (non-hydrogen) atoms. The van der Waals surface area contributed by atoms with Crippen LogP contribution in [0.15, 0.2) is 36.8 Å². The molecule has 0 aliphatic heterocycles. The molecule has 0 radical (unpaired) electrons. The molecule has 2 aromatic rings. The van der Waals surface area contributed by atoms with E-state index in [1.165, 1.54) is 18.5 Å². The smallest absolute Gasteiger partial charge is 0.255 e. The van der Waals surface area contributed by atoms with Crippen molar-refractivity contribution in [2.45, 2.75) is 32.3 Å². The molecule has 0 saturated heterocycles. The van der Waals surface area contributed by atoms with E-state index in [1.54, 1.807) is 32.2 Å². The maximum absolute atomic E-state index is 12.5. The van der Waals surface area contributed by atoms with Crippen molar-refractivity contribution in [2.24, 2.45) is 5.92 Å². The molecule has 7 nitrogen and oxygen atoms in total. The average Bonchev–Trinajstić information content (AvgIpc) is 3.39. The minimum Gasteiger partial charge on any atom is -0.386 e. The summed E-state index contributed by atoms with van der Waals surface area (Å²) >= 11 is 0. The number of aromatic nitrogens is 2. The summed E-state index contributed by atoms with van der Waals surface area (Å²) in [6.07, 6.45) is 6.31. The Morgan fingerprint density at radius 3 is 2.64 bits per heavy atom. The van der Waals surface area contributed by atoms with Crippen LogP contribution in [0.1, 0.15) is 42.6 Å². The quantitative estimate of drug-likeness (QED) is 0.775. The highest BCUT2D eigenvalue weighted by Crippen LogP contribution is 2.30. The van der Waals surface area contributed by atoms with Crippen molar-refractivity contribution >= 4 is 23.3 Å². The lowest BCUT2D eigenvalue weighted by Crippen LogP contribution is -2.21. The van der Waals surface area contributed by atoms with E-state index in [-0.39, 0.29) is 17.7 Å². The van der Waals surface area contributed by atoms with Crippen molar-refractivity contribution in [1.82, 2.24) is 9.97 Å². The second kappa shape index (κ2) is 6.60. The van der Waals surface area contributed by atoms with Gasteiger partial charge in [-0.3, -0.25) is 14.6 Å². The standard InChI is InChI=1S/C18H20N4O3/c1-18(2,25)13-6-7-19-10-14(13)21-17(24)12-5-8-20-15(9-12)22-16(23)11-3-4-11/h5-11,25H,3-4H2,1-2H3,(H,21,24)(H,20,22,23). The van der Waals surface area contributed by atoms with Crippen molar-refractivity contribution < 1.29 is 14.7 Å². The fourth-order valence-electron chi connectivity index (χ4n) is 2.44. The number of hydrogen-bond acceptors (Lipinski definition) is 5. The number of carbonyl (C=O) groups is 2. The SMILES string of the molecule is CC(C)(O)c1ccncc1NC(=O)c1ccnc(NC(=O)C2CC2)c1. The van der Waals surface area contributed by atoms with E-state index < -0.39 is 5.60 Å². The Labute approximate surface area is 145 Å². The molecular formula is C18H20N4O3. The van der Waals surface area contributed by atoms with Crippen LogP contribution in [0.25, 0.3) is 0 Å². The van der Waals surface area contributed by atoms with Crippen LogP contribution in [0.5, 0.6) is 0 Å². The summed E-state index contributed by atoms with van der Waals surface area (Å²) in [6.45, 7) is 3.27. The summed E-state index contributed by atoms with van der Waals surface area (Å²) in [4.78, 5) is 32.4. The highest BCUT2D eigenvalue weighted by Gasteiger charge is 2.30. The number of anilines is 2. The van der Waals surface area contributed by atoms with Crippen LogP contribution in [0, 0.1) is 5.92 Å². The van der Waals surface area contributed by atoms with Crippen molar-refractivity contribution in [3.63, 3.8) is 0 Å². The van der Waals surface area contributed by atoms with Crippen molar-refractivity contribution in [2.75, 3.05) is 10.6 Å². The molecule has 1 aliphatic rings. The number of carbonyl (C=O) groups excluding carboxylic acids is 2. The van der Waals surface area contributed by atoms with Gasteiger partial charge in [0.15, 0.2) is 0 Å². The molecule has 3 N–H and O–H groups in total. The number of hydrogen-bond donors (Lipinski definition) is 3. The molecule has 2 aromatic heterocycles. The first-order chi connectivity index (χ1) is 11.8. The molecule has 0 spiro atoms. The van der Waals surface area contributed by atoms with Gasteiger partial charge in [0.05, 0.1) is 17.5 Å². The Morgan fingerprint density at radius 1 is 1.20 bits per heavy atom. The molecule has 0 aromatic carbocycles. The van der Waals surface area contributed by atoms with Gasteiger partial charge in [-0.25, -0.2) is 4.98 Å². The first kappa shape index (κ1) is 17.0. The zero-order valence-corrected chi connectivity index (χ0v) is 14.1. The van der Waals surface area contributed by atoms with E-state index in [0.29, 0.717) is 22.6 Å². The van der Waals surface area contributed by atoms with E-state index in [4.69, 9.17) is 0 Å². The van der Waals surface area contributed by atoms with E-state index in [1.807, 2.05) is 0 Å². The second-order valence-corrected chi connectivity index (χ2v) is 6.63. The zero-order valence-electron chi connectivity index (χ0n) is 14.1. The highest BCUT2D eigenvalue weighted by atomic mass is 16.3. The van der Waals surface area contributed by atoms with Gasteiger partial charge in [0.25, 0.3) is 5.91 Å². The Kier molecular flexibility index (Phi) is 4.50. The van der Waals surface area contributed by atoms with Crippen molar-refractivity contribution in [1.29, 1.82) is 0 Å². The van der Waals surface area contributed by atoms with E-state index >= 15 is 0 Å². The van der Waals surface area contributed by atoms with Gasteiger partial charge in [-0.2, -0.15) is 0 Å². The van der Waals surface area contributed by atoms with Crippen LogP contribution in [0.2, 0.25) is 0 Å². The van der Waals surface area contributed by atoms with E-state index in [2.05, 4.69) is 20.6 Å². The Morgan fingerprint density at radius 2 is 1.96 bits per heavy atom. The molecule has 2 heterocycles. The predicted octanol–water partition coefficient (Wildman–Crippen LogP) is 2.30.